The zero-order valence-electron chi connectivity index (χ0n) is 15.2. The van der Waals surface area contributed by atoms with Gasteiger partial charge in [-0.3, -0.25) is 4.79 Å². The molecule has 1 fully saturated rings. The molecule has 3 rings (SSSR count). The standard InChI is InChI=1S/C20H16ClF4N3O/c1-28-17(8-13-14(20(23,24)25)6-7-15(22)19(13)21)16(9-18(28)29)27-12-4-2-11(10-26)3-5-12/h2-7,16-17,27H,8-9H2,1H3/t16-,17?/m0/s1. The Hall–Kier alpha value is -2.79. The number of alkyl halides is 3. The van der Waals surface area contributed by atoms with E-state index in [0.717, 1.165) is 0 Å². The van der Waals surface area contributed by atoms with E-state index >= 15 is 0 Å². The molecule has 1 N–H and O–H groups in total. The van der Waals surface area contributed by atoms with Gasteiger partial charge in [0.05, 0.1) is 34.3 Å². The van der Waals surface area contributed by atoms with Gasteiger partial charge in [0, 0.05) is 19.2 Å². The van der Waals surface area contributed by atoms with Gasteiger partial charge >= 0.3 is 6.18 Å². The first-order valence-corrected chi connectivity index (χ1v) is 9.06. The van der Waals surface area contributed by atoms with Gasteiger partial charge in [0.1, 0.15) is 5.82 Å². The van der Waals surface area contributed by atoms with Crippen LogP contribution < -0.4 is 5.32 Å². The Bertz CT molecular complexity index is 969. The quantitative estimate of drug-likeness (QED) is 0.727. The molecule has 1 amide bonds. The molecule has 1 saturated heterocycles. The molecule has 0 spiro atoms. The summed E-state index contributed by atoms with van der Waals surface area (Å²) in [4.78, 5) is 13.6. The van der Waals surface area contributed by atoms with E-state index in [2.05, 4.69) is 5.32 Å². The van der Waals surface area contributed by atoms with Crippen LogP contribution in [-0.4, -0.2) is 29.9 Å². The predicted octanol–water partition coefficient (Wildman–Crippen LogP) is 4.62. The lowest BCUT2D eigenvalue weighted by atomic mass is 9.95. The summed E-state index contributed by atoms with van der Waals surface area (Å²) in [6.45, 7) is 0. The number of benzene rings is 2. The Morgan fingerprint density at radius 3 is 2.48 bits per heavy atom. The van der Waals surface area contributed by atoms with E-state index in [-0.39, 0.29) is 24.3 Å². The fourth-order valence-corrected chi connectivity index (χ4v) is 3.71. The van der Waals surface area contributed by atoms with E-state index in [0.29, 0.717) is 23.4 Å². The number of hydrogen-bond acceptors (Lipinski definition) is 3. The summed E-state index contributed by atoms with van der Waals surface area (Å²) in [5.74, 6) is -1.19. The number of likely N-dealkylation sites (N-methyl/N-ethyl adjacent to an activating group) is 1. The number of hydrogen-bond donors (Lipinski definition) is 1. The molecule has 0 radical (unpaired) electrons. The molecule has 2 aromatic carbocycles. The van der Waals surface area contributed by atoms with Crippen LogP contribution in [0, 0.1) is 17.1 Å². The van der Waals surface area contributed by atoms with Crippen molar-refractivity contribution >= 4 is 23.2 Å². The summed E-state index contributed by atoms with van der Waals surface area (Å²) in [6, 6.07) is 8.62. The number of halogens is 5. The Morgan fingerprint density at radius 2 is 1.90 bits per heavy atom. The first-order chi connectivity index (χ1) is 13.6. The number of carbonyl (C=O) groups is 1. The molecular weight excluding hydrogens is 410 g/mol. The van der Waals surface area contributed by atoms with Crippen LogP contribution in [0.15, 0.2) is 36.4 Å². The Labute approximate surface area is 169 Å². The van der Waals surface area contributed by atoms with Crippen LogP contribution in [0.25, 0.3) is 0 Å². The van der Waals surface area contributed by atoms with Gasteiger partial charge in [-0.15, -0.1) is 0 Å². The molecule has 0 aromatic heterocycles. The van der Waals surface area contributed by atoms with Gasteiger partial charge in [0.25, 0.3) is 0 Å². The lowest BCUT2D eigenvalue weighted by molar-refractivity contribution is -0.138. The largest absolute Gasteiger partial charge is 0.416 e. The number of nitrogens with zero attached hydrogens (tertiary/aromatic N) is 2. The van der Waals surface area contributed by atoms with E-state index in [1.165, 1.54) is 11.9 Å². The molecule has 2 aromatic rings. The molecule has 1 aliphatic rings. The average Bonchev–Trinajstić information content (AvgIpc) is 2.92. The molecule has 29 heavy (non-hydrogen) atoms. The minimum atomic E-state index is -4.70. The Balaban J connectivity index is 1.92. The average molecular weight is 426 g/mol. The third-order valence-corrected chi connectivity index (χ3v) is 5.44. The van der Waals surface area contributed by atoms with Crippen LogP contribution >= 0.6 is 11.6 Å². The van der Waals surface area contributed by atoms with E-state index in [9.17, 15) is 22.4 Å². The monoisotopic (exact) mass is 425 g/mol. The summed E-state index contributed by atoms with van der Waals surface area (Å²) in [5, 5.41) is 11.4. The van der Waals surface area contributed by atoms with E-state index < -0.39 is 34.7 Å². The fourth-order valence-electron chi connectivity index (χ4n) is 3.47. The number of nitriles is 1. The molecule has 0 bridgehead atoms. The number of amides is 1. The molecular formula is C20H16ClF4N3O. The van der Waals surface area contributed by atoms with Crippen molar-refractivity contribution in [1.29, 1.82) is 5.26 Å². The number of carbonyl (C=O) groups excluding carboxylic acids is 1. The third-order valence-electron chi connectivity index (χ3n) is 5.03. The SMILES string of the molecule is CN1C(=O)C[C@H](Nc2ccc(C#N)cc2)C1Cc1c(C(F)(F)F)ccc(F)c1Cl. The van der Waals surface area contributed by atoms with Gasteiger partial charge in [0.2, 0.25) is 5.91 Å². The molecule has 1 heterocycles. The summed E-state index contributed by atoms with van der Waals surface area (Å²) in [6.07, 6.45) is -4.90. The highest BCUT2D eigenvalue weighted by atomic mass is 35.5. The summed E-state index contributed by atoms with van der Waals surface area (Å²) < 4.78 is 54.1. The van der Waals surface area contributed by atoms with Crippen molar-refractivity contribution in [3.8, 4) is 6.07 Å². The second-order valence-electron chi connectivity index (χ2n) is 6.81. The minimum absolute atomic E-state index is 0.0649. The van der Waals surface area contributed by atoms with E-state index in [1.807, 2.05) is 6.07 Å². The number of nitrogens with one attached hydrogen (secondary N) is 1. The highest BCUT2D eigenvalue weighted by Gasteiger charge is 2.41. The molecule has 0 aliphatic carbocycles. The highest BCUT2D eigenvalue weighted by molar-refractivity contribution is 6.31. The van der Waals surface area contributed by atoms with Gasteiger partial charge in [-0.05, 0) is 48.4 Å². The molecule has 1 aliphatic heterocycles. The first-order valence-electron chi connectivity index (χ1n) is 8.68. The normalized spacial score (nSPS) is 19.3. The van der Waals surface area contributed by atoms with Crippen molar-refractivity contribution in [3.63, 3.8) is 0 Å². The van der Waals surface area contributed by atoms with Gasteiger partial charge in [0.15, 0.2) is 0 Å². The maximum atomic E-state index is 13.9. The first kappa shape index (κ1) is 20.9. The van der Waals surface area contributed by atoms with Crippen LogP contribution in [0.2, 0.25) is 5.02 Å². The van der Waals surface area contributed by atoms with E-state index in [4.69, 9.17) is 16.9 Å². The van der Waals surface area contributed by atoms with Gasteiger partial charge in [-0.2, -0.15) is 18.4 Å². The highest BCUT2D eigenvalue weighted by Crippen LogP contribution is 2.38. The van der Waals surface area contributed by atoms with Crippen molar-refractivity contribution in [3.05, 3.63) is 63.9 Å². The molecule has 9 heteroatoms. The van der Waals surface area contributed by atoms with Crippen LogP contribution in [0.3, 0.4) is 0 Å². The smallest absolute Gasteiger partial charge is 0.380 e. The predicted molar refractivity (Wildman–Crippen MR) is 99.9 cm³/mol. The van der Waals surface area contributed by atoms with Gasteiger partial charge < -0.3 is 10.2 Å². The van der Waals surface area contributed by atoms with Crippen molar-refractivity contribution < 1.29 is 22.4 Å². The summed E-state index contributed by atoms with van der Waals surface area (Å²) in [5.41, 5.74) is -0.331. The van der Waals surface area contributed by atoms with Crippen molar-refractivity contribution in [2.75, 3.05) is 12.4 Å². The topological polar surface area (TPSA) is 56.1 Å². The second kappa shape index (κ2) is 7.91. The van der Waals surface area contributed by atoms with Crippen molar-refractivity contribution in [2.45, 2.75) is 31.1 Å². The summed E-state index contributed by atoms with van der Waals surface area (Å²) >= 11 is 5.88. The number of anilines is 1. The minimum Gasteiger partial charge on any atom is -0.380 e. The Kier molecular flexibility index (Phi) is 5.71. The van der Waals surface area contributed by atoms with Crippen molar-refractivity contribution in [1.82, 2.24) is 4.90 Å². The fraction of sp³-hybridized carbons (Fsp3) is 0.300. The lowest BCUT2D eigenvalue weighted by Gasteiger charge is -2.28. The molecule has 0 saturated carbocycles. The molecule has 1 unspecified atom stereocenters. The second-order valence-corrected chi connectivity index (χ2v) is 7.18. The van der Waals surface area contributed by atoms with Crippen LogP contribution in [0.1, 0.15) is 23.1 Å². The molecule has 152 valence electrons. The van der Waals surface area contributed by atoms with Crippen LogP contribution in [-0.2, 0) is 17.4 Å². The van der Waals surface area contributed by atoms with E-state index in [1.54, 1.807) is 24.3 Å². The lowest BCUT2D eigenvalue weighted by Crippen LogP contribution is -2.39. The third kappa shape index (κ3) is 4.30. The van der Waals surface area contributed by atoms with Crippen molar-refractivity contribution in [2.24, 2.45) is 0 Å². The van der Waals surface area contributed by atoms with Gasteiger partial charge in [-0.25, -0.2) is 4.39 Å². The summed E-state index contributed by atoms with van der Waals surface area (Å²) in [7, 11) is 1.49. The van der Waals surface area contributed by atoms with Crippen LogP contribution in [0.5, 0.6) is 0 Å². The van der Waals surface area contributed by atoms with Gasteiger partial charge in [-0.1, -0.05) is 11.6 Å². The maximum Gasteiger partial charge on any atom is 0.416 e. The zero-order chi connectivity index (χ0) is 21.3. The zero-order valence-corrected chi connectivity index (χ0v) is 16.0. The van der Waals surface area contributed by atoms with Crippen LogP contribution in [0.4, 0.5) is 23.2 Å². The number of rotatable bonds is 4. The Morgan fingerprint density at radius 1 is 1.24 bits per heavy atom. The molecule has 2 atom stereocenters. The molecule has 4 nitrogen and oxygen atoms in total. The maximum absolute atomic E-state index is 13.9. The number of likely N-dealkylation sites (tertiary alicyclic amines) is 1.